The van der Waals surface area contributed by atoms with E-state index in [4.69, 9.17) is 4.74 Å². The molecule has 15 heavy (non-hydrogen) atoms. The van der Waals surface area contributed by atoms with Crippen molar-refractivity contribution in [1.82, 2.24) is 5.32 Å². The molecule has 2 atom stereocenters. The third-order valence-corrected chi connectivity index (χ3v) is 3.77. The van der Waals surface area contributed by atoms with Crippen molar-refractivity contribution in [2.45, 2.75) is 31.7 Å². The van der Waals surface area contributed by atoms with Gasteiger partial charge in [0.2, 0.25) is 0 Å². The molecule has 2 unspecified atom stereocenters. The molecule has 0 aromatic heterocycles. The lowest BCUT2D eigenvalue weighted by Gasteiger charge is -2.30. The van der Waals surface area contributed by atoms with E-state index in [-0.39, 0.29) is 5.41 Å². The molecular formula is C13H19NO. The summed E-state index contributed by atoms with van der Waals surface area (Å²) in [6, 6.07) is 8.86. The van der Waals surface area contributed by atoms with E-state index in [1.807, 2.05) is 12.1 Å². The van der Waals surface area contributed by atoms with Gasteiger partial charge in [-0.15, -0.1) is 0 Å². The van der Waals surface area contributed by atoms with Crippen LogP contribution in [0.1, 0.15) is 25.8 Å². The highest BCUT2D eigenvalue weighted by molar-refractivity contribution is 5.41. The zero-order valence-corrected chi connectivity index (χ0v) is 9.71. The minimum Gasteiger partial charge on any atom is -0.496 e. The Bertz CT molecular complexity index is 350. The van der Waals surface area contributed by atoms with E-state index in [2.05, 4.69) is 31.3 Å². The number of benzene rings is 1. The number of hydrogen-bond donors (Lipinski definition) is 1. The maximum Gasteiger partial charge on any atom is 0.122 e. The molecule has 2 nitrogen and oxygen atoms in total. The Morgan fingerprint density at radius 3 is 2.73 bits per heavy atom. The van der Waals surface area contributed by atoms with Crippen molar-refractivity contribution in [2.24, 2.45) is 0 Å². The van der Waals surface area contributed by atoms with Crippen LogP contribution in [0.4, 0.5) is 0 Å². The van der Waals surface area contributed by atoms with Crippen molar-refractivity contribution in [1.29, 1.82) is 0 Å². The van der Waals surface area contributed by atoms with Crippen LogP contribution < -0.4 is 10.1 Å². The van der Waals surface area contributed by atoms with E-state index in [0.717, 1.165) is 12.3 Å². The minimum atomic E-state index is 0.201. The van der Waals surface area contributed by atoms with Gasteiger partial charge in [0.15, 0.2) is 0 Å². The normalized spacial score (nSPS) is 30.5. The van der Waals surface area contributed by atoms with Gasteiger partial charge in [0.05, 0.1) is 7.11 Å². The number of para-hydroxylation sites is 1. The summed E-state index contributed by atoms with van der Waals surface area (Å²) in [5.41, 5.74) is 1.53. The summed E-state index contributed by atoms with van der Waals surface area (Å²) in [6.07, 6.45) is 1.18. The van der Waals surface area contributed by atoms with Gasteiger partial charge in [0, 0.05) is 17.0 Å². The van der Waals surface area contributed by atoms with Gasteiger partial charge in [0.25, 0.3) is 0 Å². The lowest BCUT2D eigenvalue weighted by molar-refractivity contribution is 0.370. The van der Waals surface area contributed by atoms with Gasteiger partial charge < -0.3 is 10.1 Å². The van der Waals surface area contributed by atoms with E-state index >= 15 is 0 Å². The maximum atomic E-state index is 5.44. The van der Waals surface area contributed by atoms with Crippen molar-refractivity contribution < 1.29 is 4.74 Å². The summed E-state index contributed by atoms with van der Waals surface area (Å²) in [5, 5.41) is 3.50. The van der Waals surface area contributed by atoms with Crippen molar-refractivity contribution in [3.8, 4) is 5.75 Å². The molecule has 1 aromatic carbocycles. The van der Waals surface area contributed by atoms with Crippen LogP contribution in [0, 0.1) is 0 Å². The van der Waals surface area contributed by atoms with Crippen molar-refractivity contribution in [3.05, 3.63) is 29.8 Å². The summed E-state index contributed by atoms with van der Waals surface area (Å²) >= 11 is 0. The first-order valence-corrected chi connectivity index (χ1v) is 5.55. The maximum absolute atomic E-state index is 5.44. The lowest BCUT2D eigenvalue weighted by atomic mass is 9.76. The summed E-state index contributed by atoms with van der Waals surface area (Å²) in [4.78, 5) is 0. The molecule has 1 saturated heterocycles. The Morgan fingerprint density at radius 1 is 1.40 bits per heavy atom. The zero-order valence-electron chi connectivity index (χ0n) is 9.71. The smallest absolute Gasteiger partial charge is 0.122 e. The Labute approximate surface area is 91.6 Å². The van der Waals surface area contributed by atoms with Gasteiger partial charge >= 0.3 is 0 Å². The highest BCUT2D eigenvalue weighted by Crippen LogP contribution is 2.39. The highest BCUT2D eigenvalue weighted by atomic mass is 16.5. The topological polar surface area (TPSA) is 21.3 Å². The molecule has 0 bridgehead atoms. The molecule has 0 saturated carbocycles. The second kappa shape index (κ2) is 3.86. The van der Waals surface area contributed by atoms with E-state index in [1.54, 1.807) is 7.11 Å². The van der Waals surface area contributed by atoms with Crippen LogP contribution in [-0.4, -0.2) is 19.7 Å². The standard InChI is InChI=1S/C13H19NO/c1-10-13(2,8-9-14-10)11-6-4-5-7-12(11)15-3/h4-7,10,14H,8-9H2,1-3H3. The molecule has 2 heteroatoms. The molecule has 0 radical (unpaired) electrons. The molecular weight excluding hydrogens is 186 g/mol. The summed E-state index contributed by atoms with van der Waals surface area (Å²) in [6.45, 7) is 5.66. The van der Waals surface area contributed by atoms with Crippen molar-refractivity contribution in [3.63, 3.8) is 0 Å². The second-order valence-corrected chi connectivity index (χ2v) is 4.54. The largest absolute Gasteiger partial charge is 0.496 e. The van der Waals surface area contributed by atoms with E-state index in [9.17, 15) is 0 Å². The van der Waals surface area contributed by atoms with Crippen LogP contribution in [0.25, 0.3) is 0 Å². The first-order chi connectivity index (χ1) is 7.18. The lowest BCUT2D eigenvalue weighted by Crippen LogP contribution is -2.35. The molecule has 82 valence electrons. The number of hydrogen-bond acceptors (Lipinski definition) is 2. The van der Waals surface area contributed by atoms with Gasteiger partial charge in [-0.3, -0.25) is 0 Å². The van der Waals surface area contributed by atoms with Gasteiger partial charge in [0.1, 0.15) is 5.75 Å². The zero-order chi connectivity index (χ0) is 10.9. The van der Waals surface area contributed by atoms with Gasteiger partial charge in [-0.05, 0) is 26.0 Å². The Morgan fingerprint density at radius 2 is 2.13 bits per heavy atom. The molecule has 2 rings (SSSR count). The molecule has 1 heterocycles. The SMILES string of the molecule is COc1ccccc1C1(C)CCNC1C. The third kappa shape index (κ3) is 1.63. The average molecular weight is 205 g/mol. The fourth-order valence-electron chi connectivity index (χ4n) is 2.47. The van der Waals surface area contributed by atoms with Crippen LogP contribution in [0.2, 0.25) is 0 Å². The van der Waals surface area contributed by atoms with E-state index in [0.29, 0.717) is 6.04 Å². The predicted octanol–water partition coefficient (Wildman–Crippen LogP) is 2.33. The quantitative estimate of drug-likeness (QED) is 0.800. The Balaban J connectivity index is 2.43. The summed E-state index contributed by atoms with van der Waals surface area (Å²) < 4.78 is 5.44. The molecule has 1 N–H and O–H groups in total. The molecule has 1 aromatic rings. The number of methoxy groups -OCH3 is 1. The van der Waals surface area contributed by atoms with Gasteiger partial charge in [-0.1, -0.05) is 25.1 Å². The molecule has 1 aliphatic heterocycles. The second-order valence-electron chi connectivity index (χ2n) is 4.54. The highest BCUT2D eigenvalue weighted by Gasteiger charge is 2.38. The molecule has 0 amide bonds. The van der Waals surface area contributed by atoms with Crippen LogP contribution in [0.3, 0.4) is 0 Å². The van der Waals surface area contributed by atoms with Gasteiger partial charge in [-0.25, -0.2) is 0 Å². The van der Waals surface area contributed by atoms with E-state index < -0.39 is 0 Å². The number of ether oxygens (including phenoxy) is 1. The number of nitrogens with one attached hydrogen (secondary N) is 1. The van der Waals surface area contributed by atoms with Crippen LogP contribution in [0.15, 0.2) is 24.3 Å². The van der Waals surface area contributed by atoms with E-state index in [1.165, 1.54) is 12.0 Å². The monoisotopic (exact) mass is 205 g/mol. The Hall–Kier alpha value is -1.02. The molecule has 1 fully saturated rings. The first-order valence-electron chi connectivity index (χ1n) is 5.55. The first kappa shape index (κ1) is 10.5. The Kier molecular flexibility index (Phi) is 2.70. The summed E-state index contributed by atoms with van der Waals surface area (Å²) in [7, 11) is 1.75. The third-order valence-electron chi connectivity index (χ3n) is 3.77. The molecule has 1 aliphatic rings. The average Bonchev–Trinajstić information content (AvgIpc) is 2.60. The fourth-order valence-corrected chi connectivity index (χ4v) is 2.47. The number of rotatable bonds is 2. The van der Waals surface area contributed by atoms with Crippen LogP contribution in [-0.2, 0) is 5.41 Å². The predicted molar refractivity (Wildman–Crippen MR) is 62.4 cm³/mol. The van der Waals surface area contributed by atoms with Gasteiger partial charge in [-0.2, -0.15) is 0 Å². The minimum absolute atomic E-state index is 0.201. The van der Waals surface area contributed by atoms with Crippen molar-refractivity contribution in [2.75, 3.05) is 13.7 Å². The molecule has 0 aliphatic carbocycles. The van der Waals surface area contributed by atoms with Crippen molar-refractivity contribution >= 4 is 0 Å². The van der Waals surface area contributed by atoms with Crippen LogP contribution >= 0.6 is 0 Å². The fraction of sp³-hybridized carbons (Fsp3) is 0.538. The summed E-state index contributed by atoms with van der Waals surface area (Å²) in [5.74, 6) is 1.01. The molecule has 0 spiro atoms. The van der Waals surface area contributed by atoms with Crippen LogP contribution in [0.5, 0.6) is 5.75 Å².